The molecule has 7 heteroatoms. The van der Waals surface area contributed by atoms with Crippen LogP contribution < -0.4 is 10.5 Å². The third-order valence-electron chi connectivity index (χ3n) is 3.60. The number of sulfonamides is 1. The maximum atomic E-state index is 13.3. The molecule has 2 rings (SSSR count). The summed E-state index contributed by atoms with van der Waals surface area (Å²) in [6.07, 6.45) is 0. The Labute approximate surface area is 135 Å². The summed E-state index contributed by atoms with van der Waals surface area (Å²) in [5, 5.41) is 17.4. The summed E-state index contributed by atoms with van der Waals surface area (Å²) in [4.78, 5) is 0.0690. The molecule has 0 bridgehead atoms. The Morgan fingerprint density at radius 3 is 2.43 bits per heavy atom. The molecule has 0 saturated carbocycles. The van der Waals surface area contributed by atoms with Crippen molar-refractivity contribution in [2.75, 3.05) is 0 Å². The molecule has 0 saturated heterocycles. The van der Waals surface area contributed by atoms with Gasteiger partial charge in [0.1, 0.15) is 5.82 Å². The van der Waals surface area contributed by atoms with E-state index < -0.39 is 15.8 Å². The monoisotopic (exact) mass is 338 g/mol. The summed E-state index contributed by atoms with van der Waals surface area (Å²) in [5.74, 6) is -0.428. The van der Waals surface area contributed by atoms with Gasteiger partial charge in [0.25, 0.3) is 0 Å². The van der Waals surface area contributed by atoms with Gasteiger partial charge in [0.2, 0.25) is 10.0 Å². The van der Waals surface area contributed by atoms with Crippen molar-refractivity contribution in [2.45, 2.75) is 31.0 Å². The predicted octanol–water partition coefficient (Wildman–Crippen LogP) is 1.82. The molecule has 0 aliphatic rings. The molecule has 0 radical (unpaired) electrons. The average Bonchev–Trinajstić information content (AvgIpc) is 2.53. The lowest BCUT2D eigenvalue weighted by atomic mass is 10.1. The van der Waals surface area contributed by atoms with Gasteiger partial charge in [-0.2, -0.15) is 0 Å². The SMILES string of the molecule is C[C@H](NCc1ccc(F)c(CO)c1)c1ccc(S(N)(=O)=O)cc1. The van der Waals surface area contributed by atoms with Crippen LogP contribution in [0.15, 0.2) is 47.4 Å². The number of rotatable bonds is 6. The Morgan fingerprint density at radius 1 is 1.22 bits per heavy atom. The molecule has 23 heavy (non-hydrogen) atoms. The van der Waals surface area contributed by atoms with Crippen LogP contribution in [-0.2, 0) is 23.2 Å². The zero-order chi connectivity index (χ0) is 17.0. The Morgan fingerprint density at radius 2 is 1.87 bits per heavy atom. The van der Waals surface area contributed by atoms with Gasteiger partial charge in [-0.05, 0) is 42.3 Å². The maximum Gasteiger partial charge on any atom is 0.238 e. The molecule has 2 aromatic rings. The fourth-order valence-electron chi connectivity index (χ4n) is 2.19. The van der Waals surface area contributed by atoms with Gasteiger partial charge in [-0.3, -0.25) is 0 Å². The summed E-state index contributed by atoms with van der Waals surface area (Å²) < 4.78 is 35.8. The van der Waals surface area contributed by atoms with E-state index in [0.29, 0.717) is 6.54 Å². The van der Waals surface area contributed by atoms with E-state index in [1.807, 2.05) is 6.92 Å². The van der Waals surface area contributed by atoms with Crippen molar-refractivity contribution in [1.82, 2.24) is 5.32 Å². The van der Waals surface area contributed by atoms with Crippen molar-refractivity contribution in [3.63, 3.8) is 0 Å². The first kappa shape index (κ1) is 17.6. The predicted molar refractivity (Wildman–Crippen MR) is 85.4 cm³/mol. The third-order valence-corrected chi connectivity index (χ3v) is 4.53. The molecule has 0 aliphatic carbocycles. The quantitative estimate of drug-likeness (QED) is 0.749. The van der Waals surface area contributed by atoms with Gasteiger partial charge in [0, 0.05) is 18.2 Å². The van der Waals surface area contributed by atoms with E-state index in [1.54, 1.807) is 24.3 Å². The van der Waals surface area contributed by atoms with Crippen LogP contribution in [-0.4, -0.2) is 13.5 Å². The molecular weight excluding hydrogens is 319 g/mol. The zero-order valence-electron chi connectivity index (χ0n) is 12.7. The van der Waals surface area contributed by atoms with Crippen molar-refractivity contribution in [3.05, 3.63) is 65.0 Å². The molecule has 0 spiro atoms. The van der Waals surface area contributed by atoms with Gasteiger partial charge < -0.3 is 10.4 Å². The van der Waals surface area contributed by atoms with Gasteiger partial charge in [-0.15, -0.1) is 0 Å². The largest absolute Gasteiger partial charge is 0.392 e. The van der Waals surface area contributed by atoms with E-state index in [9.17, 15) is 12.8 Å². The Hall–Kier alpha value is -1.80. The summed E-state index contributed by atoms with van der Waals surface area (Å²) in [6.45, 7) is 2.08. The minimum atomic E-state index is -3.69. The van der Waals surface area contributed by atoms with Crippen LogP contribution in [0.25, 0.3) is 0 Å². The minimum absolute atomic E-state index is 0.0350. The Balaban J connectivity index is 2.03. The number of aliphatic hydroxyl groups is 1. The van der Waals surface area contributed by atoms with Crippen LogP contribution in [0.2, 0.25) is 0 Å². The lowest BCUT2D eigenvalue weighted by molar-refractivity contribution is 0.275. The first-order valence-electron chi connectivity index (χ1n) is 7.05. The first-order valence-corrected chi connectivity index (χ1v) is 8.60. The van der Waals surface area contributed by atoms with E-state index in [4.69, 9.17) is 10.2 Å². The smallest absolute Gasteiger partial charge is 0.238 e. The number of hydrogen-bond donors (Lipinski definition) is 3. The Bertz CT molecular complexity index is 776. The van der Waals surface area contributed by atoms with E-state index in [1.165, 1.54) is 18.2 Å². The summed E-state index contributed by atoms with van der Waals surface area (Å²) in [5.41, 5.74) is 2.01. The molecule has 0 unspecified atom stereocenters. The minimum Gasteiger partial charge on any atom is -0.392 e. The first-order chi connectivity index (χ1) is 10.8. The molecule has 5 nitrogen and oxygen atoms in total. The molecular formula is C16H19FN2O3S. The van der Waals surface area contributed by atoms with Crippen molar-refractivity contribution in [2.24, 2.45) is 5.14 Å². The normalized spacial score (nSPS) is 13.0. The molecule has 124 valence electrons. The molecule has 0 amide bonds. The summed E-state index contributed by atoms with van der Waals surface area (Å²) >= 11 is 0. The zero-order valence-corrected chi connectivity index (χ0v) is 13.5. The second-order valence-corrected chi connectivity index (χ2v) is 6.86. The third kappa shape index (κ3) is 4.59. The molecule has 0 heterocycles. The van der Waals surface area contributed by atoms with Crippen LogP contribution in [0.1, 0.15) is 29.7 Å². The highest BCUT2D eigenvalue weighted by molar-refractivity contribution is 7.89. The van der Waals surface area contributed by atoms with Gasteiger partial charge in [-0.25, -0.2) is 17.9 Å². The number of hydrogen-bond acceptors (Lipinski definition) is 4. The van der Waals surface area contributed by atoms with Crippen LogP contribution in [0, 0.1) is 5.82 Å². The molecule has 0 fully saturated rings. The number of nitrogens with one attached hydrogen (secondary N) is 1. The van der Waals surface area contributed by atoms with Gasteiger partial charge >= 0.3 is 0 Å². The number of halogens is 1. The fraction of sp³-hybridized carbons (Fsp3) is 0.250. The molecule has 0 aromatic heterocycles. The number of benzene rings is 2. The molecule has 4 N–H and O–H groups in total. The van der Waals surface area contributed by atoms with Gasteiger partial charge in [0.05, 0.1) is 11.5 Å². The van der Waals surface area contributed by atoms with Crippen LogP contribution >= 0.6 is 0 Å². The van der Waals surface area contributed by atoms with Crippen molar-refractivity contribution in [3.8, 4) is 0 Å². The van der Waals surface area contributed by atoms with Crippen LogP contribution in [0.3, 0.4) is 0 Å². The highest BCUT2D eigenvalue weighted by Gasteiger charge is 2.10. The van der Waals surface area contributed by atoms with E-state index >= 15 is 0 Å². The van der Waals surface area contributed by atoms with Crippen LogP contribution in [0.4, 0.5) is 4.39 Å². The number of aliphatic hydroxyl groups excluding tert-OH is 1. The molecule has 1 atom stereocenters. The summed E-state index contributed by atoms with van der Waals surface area (Å²) in [6, 6.07) is 10.9. The maximum absolute atomic E-state index is 13.3. The van der Waals surface area contributed by atoms with Gasteiger partial charge in [0.15, 0.2) is 0 Å². The topological polar surface area (TPSA) is 92.4 Å². The second-order valence-electron chi connectivity index (χ2n) is 5.30. The lowest BCUT2D eigenvalue weighted by Gasteiger charge is -2.15. The van der Waals surface area contributed by atoms with Crippen molar-refractivity contribution < 1.29 is 17.9 Å². The highest BCUT2D eigenvalue weighted by atomic mass is 32.2. The number of primary sulfonamides is 1. The van der Waals surface area contributed by atoms with Crippen LogP contribution in [0.5, 0.6) is 0 Å². The lowest BCUT2D eigenvalue weighted by Crippen LogP contribution is -2.18. The van der Waals surface area contributed by atoms with E-state index in [-0.39, 0.29) is 23.1 Å². The van der Waals surface area contributed by atoms with E-state index in [2.05, 4.69) is 5.32 Å². The standard InChI is InChI=1S/C16H19FN2O3S/c1-11(13-3-5-15(6-4-13)23(18,21)22)19-9-12-2-7-16(17)14(8-12)10-20/h2-8,11,19-20H,9-10H2,1H3,(H2,18,21,22)/t11-/m0/s1. The molecule has 2 aromatic carbocycles. The molecule has 0 aliphatic heterocycles. The van der Waals surface area contributed by atoms with Gasteiger partial charge in [-0.1, -0.05) is 18.2 Å². The Kier molecular flexibility index (Phi) is 5.48. The highest BCUT2D eigenvalue weighted by Crippen LogP contribution is 2.17. The fourth-order valence-corrected chi connectivity index (χ4v) is 2.71. The van der Waals surface area contributed by atoms with Crippen molar-refractivity contribution >= 4 is 10.0 Å². The average molecular weight is 338 g/mol. The van der Waals surface area contributed by atoms with Crippen molar-refractivity contribution in [1.29, 1.82) is 0 Å². The summed E-state index contributed by atoms with van der Waals surface area (Å²) in [7, 11) is -3.69. The second kappa shape index (κ2) is 7.18. The van der Waals surface area contributed by atoms with E-state index in [0.717, 1.165) is 11.1 Å². The number of nitrogens with two attached hydrogens (primary N) is 1.